The molecule has 0 aliphatic carbocycles. The van der Waals surface area contributed by atoms with Gasteiger partial charge in [-0.3, -0.25) is 4.79 Å². The third-order valence-corrected chi connectivity index (χ3v) is 3.82. The topological polar surface area (TPSA) is 58.8 Å². The minimum absolute atomic E-state index is 0.0221. The molecule has 1 amide bonds. The van der Waals surface area contributed by atoms with Crippen molar-refractivity contribution in [2.45, 2.75) is 18.9 Å². The van der Waals surface area contributed by atoms with E-state index in [2.05, 4.69) is 0 Å². The van der Waals surface area contributed by atoms with E-state index in [0.29, 0.717) is 11.3 Å². The highest BCUT2D eigenvalue weighted by atomic mass is 16.5. The molecule has 110 valence electrons. The molecular formula is C15H23N3O2. The molecule has 0 bridgehead atoms. The van der Waals surface area contributed by atoms with E-state index < -0.39 is 0 Å². The van der Waals surface area contributed by atoms with Crippen LogP contribution in [0, 0.1) is 0 Å². The van der Waals surface area contributed by atoms with Crippen LogP contribution in [0.4, 0.5) is 11.4 Å². The number of nitrogens with two attached hydrogens (primary N) is 1. The maximum Gasteiger partial charge on any atom is 0.253 e. The number of hydrogen-bond donors (Lipinski definition) is 1. The number of nitrogen functional groups attached to an aromatic ring is 1. The molecule has 1 aliphatic heterocycles. The Kier molecular flexibility index (Phi) is 4.49. The van der Waals surface area contributed by atoms with Crippen LogP contribution in [-0.4, -0.2) is 51.2 Å². The highest BCUT2D eigenvalue weighted by Gasteiger charge is 2.23. The Bertz CT molecular complexity index is 482. The molecule has 1 saturated heterocycles. The first-order valence-electron chi connectivity index (χ1n) is 6.92. The molecule has 20 heavy (non-hydrogen) atoms. The van der Waals surface area contributed by atoms with Gasteiger partial charge in [-0.1, -0.05) is 0 Å². The van der Waals surface area contributed by atoms with Crippen LogP contribution >= 0.6 is 0 Å². The summed E-state index contributed by atoms with van der Waals surface area (Å²) in [4.78, 5) is 16.2. The van der Waals surface area contributed by atoms with Crippen molar-refractivity contribution in [3.8, 4) is 0 Å². The molecule has 1 heterocycles. The van der Waals surface area contributed by atoms with Gasteiger partial charge in [0.25, 0.3) is 5.91 Å². The molecule has 1 aromatic carbocycles. The third kappa shape index (κ3) is 3.04. The van der Waals surface area contributed by atoms with Gasteiger partial charge in [0.05, 0.1) is 11.4 Å². The smallest absolute Gasteiger partial charge is 0.253 e. The van der Waals surface area contributed by atoms with Crippen LogP contribution in [0.2, 0.25) is 0 Å². The van der Waals surface area contributed by atoms with E-state index in [1.165, 1.54) is 0 Å². The number of hydrogen-bond acceptors (Lipinski definition) is 4. The molecule has 0 radical (unpaired) electrons. The van der Waals surface area contributed by atoms with Crippen molar-refractivity contribution < 1.29 is 9.53 Å². The highest BCUT2D eigenvalue weighted by Crippen LogP contribution is 2.24. The number of anilines is 2. The molecule has 0 unspecified atom stereocenters. The lowest BCUT2D eigenvalue weighted by molar-refractivity contribution is 0.0362. The van der Waals surface area contributed by atoms with Crippen LogP contribution in [0.1, 0.15) is 23.2 Å². The Hall–Kier alpha value is -1.75. The highest BCUT2D eigenvalue weighted by molar-refractivity contribution is 5.96. The summed E-state index contributed by atoms with van der Waals surface area (Å²) in [6, 6.07) is 5.74. The fourth-order valence-electron chi connectivity index (χ4n) is 2.54. The number of carbonyl (C=O) groups excluding carboxylic acids is 1. The van der Waals surface area contributed by atoms with Crippen molar-refractivity contribution in [2.24, 2.45) is 0 Å². The fraction of sp³-hybridized carbons (Fsp3) is 0.533. The first kappa shape index (κ1) is 14.7. The molecule has 2 rings (SSSR count). The summed E-state index contributed by atoms with van der Waals surface area (Å²) in [6.45, 7) is 1.45. The second-order valence-electron chi connectivity index (χ2n) is 5.43. The fourth-order valence-corrected chi connectivity index (χ4v) is 2.54. The van der Waals surface area contributed by atoms with Gasteiger partial charge in [-0.2, -0.15) is 0 Å². The van der Waals surface area contributed by atoms with E-state index in [9.17, 15) is 4.79 Å². The quantitative estimate of drug-likeness (QED) is 0.852. The monoisotopic (exact) mass is 277 g/mol. The summed E-state index contributed by atoms with van der Waals surface area (Å²) in [5.41, 5.74) is 8.20. The second-order valence-corrected chi connectivity index (χ2v) is 5.43. The van der Waals surface area contributed by atoms with Crippen molar-refractivity contribution in [2.75, 3.05) is 45.0 Å². The average molecular weight is 277 g/mol. The Labute approximate surface area is 120 Å². The van der Waals surface area contributed by atoms with Gasteiger partial charge in [0.2, 0.25) is 0 Å². The van der Waals surface area contributed by atoms with Crippen LogP contribution in [0.25, 0.3) is 0 Å². The predicted molar refractivity (Wildman–Crippen MR) is 81.1 cm³/mol. The van der Waals surface area contributed by atoms with E-state index in [0.717, 1.165) is 31.7 Å². The number of amides is 1. The van der Waals surface area contributed by atoms with Gasteiger partial charge in [-0.25, -0.2) is 0 Å². The molecule has 1 aromatic rings. The zero-order valence-corrected chi connectivity index (χ0v) is 12.4. The molecule has 0 spiro atoms. The largest absolute Gasteiger partial charge is 0.397 e. The van der Waals surface area contributed by atoms with Gasteiger partial charge < -0.3 is 20.3 Å². The summed E-state index contributed by atoms with van der Waals surface area (Å²) < 4.78 is 5.33. The summed E-state index contributed by atoms with van der Waals surface area (Å²) >= 11 is 0. The molecular weight excluding hydrogens is 254 g/mol. The molecule has 5 heteroatoms. The van der Waals surface area contributed by atoms with Gasteiger partial charge in [-0.15, -0.1) is 0 Å². The number of nitrogens with zero attached hydrogens (tertiary/aromatic N) is 2. The van der Waals surface area contributed by atoms with Gasteiger partial charge in [0, 0.05) is 46.0 Å². The van der Waals surface area contributed by atoms with Gasteiger partial charge in [0.1, 0.15) is 0 Å². The lowest BCUT2D eigenvalue weighted by atomic mass is 10.1. The van der Waals surface area contributed by atoms with Crippen molar-refractivity contribution in [3.05, 3.63) is 23.8 Å². The van der Waals surface area contributed by atoms with Crippen LogP contribution in [0.5, 0.6) is 0 Å². The lowest BCUT2D eigenvalue weighted by Crippen LogP contribution is -2.40. The van der Waals surface area contributed by atoms with E-state index in [1.54, 1.807) is 6.07 Å². The zero-order chi connectivity index (χ0) is 14.7. The maximum absolute atomic E-state index is 12.5. The predicted octanol–water partition coefficient (Wildman–Crippen LogP) is 1.59. The maximum atomic E-state index is 12.5. The summed E-state index contributed by atoms with van der Waals surface area (Å²) in [5, 5.41) is 0. The van der Waals surface area contributed by atoms with Gasteiger partial charge in [0.15, 0.2) is 0 Å². The molecule has 0 atom stereocenters. The Morgan fingerprint density at radius 2 is 1.90 bits per heavy atom. The molecule has 0 saturated carbocycles. The van der Waals surface area contributed by atoms with Crippen LogP contribution in [0.3, 0.4) is 0 Å². The van der Waals surface area contributed by atoms with Crippen molar-refractivity contribution in [1.82, 2.24) is 4.90 Å². The minimum Gasteiger partial charge on any atom is -0.397 e. The Balaban J connectivity index is 2.14. The van der Waals surface area contributed by atoms with E-state index in [4.69, 9.17) is 10.5 Å². The first-order valence-corrected chi connectivity index (χ1v) is 6.92. The average Bonchev–Trinajstić information content (AvgIpc) is 2.46. The molecule has 0 aromatic heterocycles. The standard InChI is InChI=1S/C15H23N3O2/c1-17(2)14-5-4-11(10-13(14)16)15(19)18(3)12-6-8-20-9-7-12/h4-5,10,12H,6-9,16H2,1-3H3. The normalized spacial score (nSPS) is 15.9. The van der Waals surface area contributed by atoms with E-state index >= 15 is 0 Å². The molecule has 1 aliphatic rings. The van der Waals surface area contributed by atoms with Crippen LogP contribution in [0.15, 0.2) is 18.2 Å². The van der Waals surface area contributed by atoms with Crippen molar-refractivity contribution in [3.63, 3.8) is 0 Å². The SMILES string of the molecule is CN(C)c1ccc(C(=O)N(C)C2CCOCC2)cc1N. The molecule has 5 nitrogen and oxygen atoms in total. The van der Waals surface area contributed by atoms with E-state index in [-0.39, 0.29) is 11.9 Å². The lowest BCUT2D eigenvalue weighted by Gasteiger charge is -2.31. The number of ether oxygens (including phenoxy) is 1. The van der Waals surface area contributed by atoms with E-state index in [1.807, 2.05) is 43.1 Å². The minimum atomic E-state index is 0.0221. The number of benzene rings is 1. The molecule has 2 N–H and O–H groups in total. The summed E-state index contributed by atoms with van der Waals surface area (Å²) in [6.07, 6.45) is 1.79. The zero-order valence-electron chi connectivity index (χ0n) is 12.4. The summed E-state index contributed by atoms with van der Waals surface area (Å²) in [7, 11) is 5.72. The number of rotatable bonds is 3. The third-order valence-electron chi connectivity index (χ3n) is 3.82. The Morgan fingerprint density at radius 1 is 1.25 bits per heavy atom. The van der Waals surface area contributed by atoms with Gasteiger partial charge >= 0.3 is 0 Å². The second kappa shape index (κ2) is 6.13. The number of carbonyl (C=O) groups is 1. The summed E-state index contributed by atoms with van der Waals surface area (Å²) in [5.74, 6) is 0.0221. The Morgan fingerprint density at radius 3 is 2.45 bits per heavy atom. The molecule has 1 fully saturated rings. The van der Waals surface area contributed by atoms with Crippen molar-refractivity contribution >= 4 is 17.3 Å². The first-order chi connectivity index (χ1) is 9.50. The van der Waals surface area contributed by atoms with Crippen molar-refractivity contribution in [1.29, 1.82) is 0 Å². The van der Waals surface area contributed by atoms with Crippen LogP contribution < -0.4 is 10.6 Å². The van der Waals surface area contributed by atoms with Gasteiger partial charge in [-0.05, 0) is 31.0 Å². The van der Waals surface area contributed by atoms with Crippen LogP contribution in [-0.2, 0) is 4.74 Å².